The van der Waals surface area contributed by atoms with Gasteiger partial charge in [0.1, 0.15) is 0 Å². The molecule has 0 saturated carbocycles. The summed E-state index contributed by atoms with van der Waals surface area (Å²) in [7, 11) is -2.13. The fraction of sp³-hybridized carbons (Fsp3) is 0.158. The van der Waals surface area contributed by atoms with Gasteiger partial charge in [-0.1, -0.05) is 17.7 Å². The van der Waals surface area contributed by atoms with E-state index in [0.29, 0.717) is 32.7 Å². The van der Waals surface area contributed by atoms with Gasteiger partial charge in [0.2, 0.25) is 15.8 Å². The van der Waals surface area contributed by atoms with Gasteiger partial charge in [0.05, 0.1) is 25.5 Å². The first-order valence-corrected chi connectivity index (χ1v) is 10.4. The van der Waals surface area contributed by atoms with E-state index in [9.17, 15) is 18.0 Å². The average molecular weight is 421 g/mol. The molecule has 2 aromatic carbocycles. The minimum absolute atomic E-state index is 0.0765. The number of aromatic amines is 1. The number of benzene rings is 2. The number of ketones is 1. The molecule has 0 atom stereocenters. The number of hydrogen-bond acceptors (Lipinski definition) is 5. The largest absolute Gasteiger partial charge is 0.469 e. The Kier molecular flexibility index (Phi) is 5.44. The summed E-state index contributed by atoms with van der Waals surface area (Å²) in [6, 6.07) is 11.1. The van der Waals surface area contributed by atoms with Gasteiger partial charge in [-0.2, -0.15) is 0 Å². The highest BCUT2D eigenvalue weighted by Gasteiger charge is 2.21. The Morgan fingerprint density at radius 3 is 2.43 bits per heavy atom. The van der Waals surface area contributed by atoms with E-state index < -0.39 is 16.0 Å². The smallest absolute Gasteiger partial charge is 0.310 e. The van der Waals surface area contributed by atoms with Crippen molar-refractivity contribution in [3.63, 3.8) is 0 Å². The van der Waals surface area contributed by atoms with Crippen LogP contribution in [0, 0.1) is 0 Å². The number of sulfonamides is 1. The standard InChI is InChI=1S/C19H17ClN2O5S/c1-27-17(23)10-15-14-8-5-12(20)9-16(14)21-18(15)19(24)11-3-6-13(7-4-11)22-28(2,25)26/h3-9,21-22H,10H2,1-2H3. The Morgan fingerprint density at radius 2 is 1.82 bits per heavy atom. The first-order valence-electron chi connectivity index (χ1n) is 8.17. The van der Waals surface area contributed by atoms with E-state index >= 15 is 0 Å². The predicted molar refractivity (Wildman–Crippen MR) is 107 cm³/mol. The van der Waals surface area contributed by atoms with Crippen molar-refractivity contribution in [2.24, 2.45) is 0 Å². The summed E-state index contributed by atoms with van der Waals surface area (Å²) in [4.78, 5) is 27.9. The summed E-state index contributed by atoms with van der Waals surface area (Å²) >= 11 is 6.03. The van der Waals surface area contributed by atoms with Crippen LogP contribution in [0.3, 0.4) is 0 Å². The van der Waals surface area contributed by atoms with Gasteiger partial charge in [0.15, 0.2) is 0 Å². The monoisotopic (exact) mass is 420 g/mol. The van der Waals surface area contributed by atoms with Crippen molar-refractivity contribution >= 4 is 50.0 Å². The maximum absolute atomic E-state index is 13.0. The molecule has 0 radical (unpaired) electrons. The second kappa shape index (κ2) is 7.65. The molecular formula is C19H17ClN2O5S. The number of fused-ring (bicyclic) bond motifs is 1. The first kappa shape index (κ1) is 19.9. The highest BCUT2D eigenvalue weighted by molar-refractivity contribution is 7.92. The van der Waals surface area contributed by atoms with Crippen LogP contribution in [0.4, 0.5) is 5.69 Å². The Bertz CT molecular complexity index is 1170. The van der Waals surface area contributed by atoms with Crippen LogP contribution in [0.5, 0.6) is 0 Å². The number of carbonyl (C=O) groups excluding carboxylic acids is 2. The molecule has 0 spiro atoms. The third kappa shape index (κ3) is 4.35. The van der Waals surface area contributed by atoms with Crippen LogP contribution in [-0.4, -0.2) is 38.5 Å². The molecule has 0 amide bonds. The van der Waals surface area contributed by atoms with Gasteiger partial charge in [-0.25, -0.2) is 8.42 Å². The zero-order chi connectivity index (χ0) is 20.5. The number of esters is 1. The van der Waals surface area contributed by atoms with Gasteiger partial charge in [-0.3, -0.25) is 14.3 Å². The van der Waals surface area contributed by atoms with Crippen molar-refractivity contribution in [3.8, 4) is 0 Å². The molecule has 0 saturated heterocycles. The number of carbonyl (C=O) groups is 2. The molecule has 0 fully saturated rings. The normalized spacial score (nSPS) is 11.4. The van der Waals surface area contributed by atoms with E-state index in [1.807, 2.05) is 0 Å². The molecule has 0 aliphatic heterocycles. The molecule has 0 aliphatic rings. The maximum atomic E-state index is 13.0. The molecule has 146 valence electrons. The Balaban J connectivity index is 2.03. The van der Waals surface area contributed by atoms with Crippen LogP contribution in [0.15, 0.2) is 42.5 Å². The lowest BCUT2D eigenvalue weighted by molar-refractivity contribution is -0.139. The fourth-order valence-electron chi connectivity index (χ4n) is 2.87. The minimum Gasteiger partial charge on any atom is -0.469 e. The summed E-state index contributed by atoms with van der Waals surface area (Å²) in [5, 5.41) is 1.20. The molecule has 3 aromatic rings. The molecule has 2 N–H and O–H groups in total. The molecular weight excluding hydrogens is 404 g/mol. The molecule has 3 rings (SSSR count). The lowest BCUT2D eigenvalue weighted by Crippen LogP contribution is -2.11. The van der Waals surface area contributed by atoms with Crippen molar-refractivity contribution in [3.05, 3.63) is 64.3 Å². The summed E-state index contributed by atoms with van der Waals surface area (Å²) in [5.74, 6) is -0.810. The van der Waals surface area contributed by atoms with Crippen LogP contribution in [0.2, 0.25) is 5.02 Å². The number of halogens is 1. The summed E-state index contributed by atoms with van der Waals surface area (Å²) < 4.78 is 29.7. The van der Waals surface area contributed by atoms with Crippen molar-refractivity contribution in [1.82, 2.24) is 4.98 Å². The van der Waals surface area contributed by atoms with Crippen LogP contribution < -0.4 is 4.72 Å². The van der Waals surface area contributed by atoms with E-state index in [0.717, 1.165) is 6.26 Å². The quantitative estimate of drug-likeness (QED) is 0.470. The number of nitrogens with one attached hydrogen (secondary N) is 2. The topological polar surface area (TPSA) is 105 Å². The molecule has 7 nitrogen and oxygen atoms in total. The van der Waals surface area contributed by atoms with Crippen LogP contribution >= 0.6 is 11.6 Å². The second-order valence-corrected chi connectivity index (χ2v) is 8.39. The molecule has 0 unspecified atom stereocenters. The zero-order valence-electron chi connectivity index (χ0n) is 15.1. The molecule has 1 heterocycles. The van der Waals surface area contributed by atoms with E-state index in [1.165, 1.54) is 31.4 Å². The Morgan fingerprint density at radius 1 is 1.14 bits per heavy atom. The number of methoxy groups -OCH3 is 1. The van der Waals surface area contributed by atoms with Gasteiger partial charge in [-0.05, 0) is 36.4 Å². The van der Waals surface area contributed by atoms with Gasteiger partial charge >= 0.3 is 5.97 Å². The lowest BCUT2D eigenvalue weighted by Gasteiger charge is -2.06. The molecule has 0 aliphatic carbocycles. The predicted octanol–water partition coefficient (Wildman–Crippen LogP) is 3.14. The van der Waals surface area contributed by atoms with Crippen molar-refractivity contribution in [2.45, 2.75) is 6.42 Å². The van der Waals surface area contributed by atoms with Crippen LogP contribution in [-0.2, 0) is 26.0 Å². The SMILES string of the molecule is COC(=O)Cc1c(C(=O)c2ccc(NS(C)(=O)=O)cc2)[nH]c2cc(Cl)ccc12. The fourth-order valence-corrected chi connectivity index (χ4v) is 3.61. The maximum Gasteiger partial charge on any atom is 0.310 e. The summed E-state index contributed by atoms with van der Waals surface area (Å²) in [5.41, 5.74) is 2.08. The second-order valence-electron chi connectivity index (χ2n) is 6.20. The Hall–Kier alpha value is -2.84. The van der Waals surface area contributed by atoms with Crippen LogP contribution in [0.1, 0.15) is 21.6 Å². The lowest BCUT2D eigenvalue weighted by atomic mass is 10.0. The van der Waals surface area contributed by atoms with Crippen molar-refractivity contribution < 1.29 is 22.7 Å². The number of aromatic nitrogens is 1. The number of hydrogen-bond donors (Lipinski definition) is 2. The zero-order valence-corrected chi connectivity index (χ0v) is 16.6. The van der Waals surface area contributed by atoms with Crippen LogP contribution in [0.25, 0.3) is 10.9 Å². The number of anilines is 1. The third-order valence-electron chi connectivity index (χ3n) is 4.09. The molecule has 28 heavy (non-hydrogen) atoms. The van der Waals surface area contributed by atoms with E-state index in [4.69, 9.17) is 16.3 Å². The van der Waals surface area contributed by atoms with E-state index in [1.54, 1.807) is 18.2 Å². The van der Waals surface area contributed by atoms with Gasteiger partial charge in [0.25, 0.3) is 0 Å². The number of rotatable bonds is 6. The first-order chi connectivity index (χ1) is 13.2. The van der Waals surface area contributed by atoms with E-state index in [2.05, 4.69) is 9.71 Å². The van der Waals surface area contributed by atoms with Crippen molar-refractivity contribution in [1.29, 1.82) is 0 Å². The highest BCUT2D eigenvalue weighted by Crippen LogP contribution is 2.28. The third-order valence-corrected chi connectivity index (χ3v) is 4.94. The minimum atomic E-state index is -3.41. The highest BCUT2D eigenvalue weighted by atomic mass is 35.5. The van der Waals surface area contributed by atoms with Gasteiger partial charge in [-0.15, -0.1) is 0 Å². The van der Waals surface area contributed by atoms with Gasteiger partial charge in [0, 0.05) is 32.7 Å². The number of H-pyrrole nitrogens is 1. The number of ether oxygens (including phenoxy) is 1. The summed E-state index contributed by atoms with van der Waals surface area (Å²) in [6.07, 6.45) is 0.966. The van der Waals surface area contributed by atoms with E-state index in [-0.39, 0.29) is 17.9 Å². The average Bonchev–Trinajstić information content (AvgIpc) is 2.97. The van der Waals surface area contributed by atoms with Gasteiger partial charge < -0.3 is 9.72 Å². The molecule has 1 aromatic heterocycles. The molecule has 0 bridgehead atoms. The van der Waals surface area contributed by atoms with Crippen molar-refractivity contribution in [2.75, 3.05) is 18.1 Å². The molecule has 9 heteroatoms. The Labute approximate surface area is 166 Å². The summed E-state index contributed by atoms with van der Waals surface area (Å²) in [6.45, 7) is 0.